The molecule has 3 rings (SSSR count). The van der Waals surface area contributed by atoms with E-state index < -0.39 is 5.97 Å². The lowest BCUT2D eigenvalue weighted by atomic mass is 10.1. The number of methoxy groups -OCH3 is 1. The van der Waals surface area contributed by atoms with E-state index in [1.807, 2.05) is 0 Å². The average molecular weight is 309 g/mol. The van der Waals surface area contributed by atoms with E-state index in [1.54, 1.807) is 55.5 Å². The van der Waals surface area contributed by atoms with Crippen molar-refractivity contribution in [1.29, 1.82) is 0 Å². The summed E-state index contributed by atoms with van der Waals surface area (Å²) in [6.45, 7) is 1.64. The van der Waals surface area contributed by atoms with Crippen LogP contribution in [0.1, 0.15) is 26.4 Å². The van der Waals surface area contributed by atoms with Gasteiger partial charge < -0.3 is 9.84 Å². The van der Waals surface area contributed by atoms with Gasteiger partial charge in [-0.25, -0.2) is 4.79 Å². The molecule has 0 radical (unpaired) electrons. The SMILES string of the molecule is COc1cccc(C(=O)n2c(C)c(C(=O)O)c3ccccc32)c1. The zero-order valence-corrected chi connectivity index (χ0v) is 12.7. The fraction of sp³-hybridized carbons (Fsp3) is 0.111. The van der Waals surface area contributed by atoms with Crippen molar-refractivity contribution in [2.45, 2.75) is 6.92 Å². The maximum absolute atomic E-state index is 12.9. The first-order valence-corrected chi connectivity index (χ1v) is 7.06. The number of carbonyl (C=O) groups excluding carboxylic acids is 1. The second-order valence-corrected chi connectivity index (χ2v) is 5.16. The Bertz CT molecular complexity index is 924. The van der Waals surface area contributed by atoms with Crippen LogP contribution in [-0.2, 0) is 0 Å². The van der Waals surface area contributed by atoms with Gasteiger partial charge in [0.1, 0.15) is 5.75 Å². The van der Waals surface area contributed by atoms with Crippen LogP contribution in [0.4, 0.5) is 0 Å². The highest BCUT2D eigenvalue weighted by Crippen LogP contribution is 2.27. The van der Waals surface area contributed by atoms with Crippen molar-refractivity contribution in [1.82, 2.24) is 4.57 Å². The Morgan fingerprint density at radius 3 is 2.52 bits per heavy atom. The van der Waals surface area contributed by atoms with Gasteiger partial charge in [-0.3, -0.25) is 9.36 Å². The Labute approximate surface area is 132 Å². The summed E-state index contributed by atoms with van der Waals surface area (Å²) in [5.74, 6) is -0.760. The molecule has 1 heterocycles. The molecule has 23 heavy (non-hydrogen) atoms. The number of rotatable bonds is 3. The van der Waals surface area contributed by atoms with Crippen molar-refractivity contribution in [2.24, 2.45) is 0 Å². The third kappa shape index (κ3) is 2.36. The smallest absolute Gasteiger partial charge is 0.338 e. The van der Waals surface area contributed by atoms with Gasteiger partial charge in [-0.15, -0.1) is 0 Å². The van der Waals surface area contributed by atoms with Crippen molar-refractivity contribution in [2.75, 3.05) is 7.11 Å². The molecule has 116 valence electrons. The minimum Gasteiger partial charge on any atom is -0.497 e. The second kappa shape index (κ2) is 5.61. The van der Waals surface area contributed by atoms with E-state index in [4.69, 9.17) is 4.74 Å². The highest BCUT2D eigenvalue weighted by molar-refractivity contribution is 6.11. The molecule has 0 saturated heterocycles. The Morgan fingerprint density at radius 2 is 1.83 bits per heavy atom. The van der Waals surface area contributed by atoms with Crippen molar-refractivity contribution in [3.8, 4) is 5.75 Å². The van der Waals surface area contributed by atoms with Crippen molar-refractivity contribution < 1.29 is 19.4 Å². The zero-order valence-electron chi connectivity index (χ0n) is 12.7. The Balaban J connectivity index is 2.25. The molecule has 0 unspecified atom stereocenters. The Morgan fingerprint density at radius 1 is 1.09 bits per heavy atom. The van der Waals surface area contributed by atoms with Gasteiger partial charge in [0.2, 0.25) is 0 Å². The summed E-state index contributed by atoms with van der Waals surface area (Å²) in [5, 5.41) is 10.0. The Kier molecular flexibility index (Phi) is 3.62. The summed E-state index contributed by atoms with van der Waals surface area (Å²) < 4.78 is 6.58. The van der Waals surface area contributed by atoms with Crippen molar-refractivity contribution in [3.05, 3.63) is 65.4 Å². The van der Waals surface area contributed by atoms with Crippen LogP contribution in [0.15, 0.2) is 48.5 Å². The molecule has 5 nitrogen and oxygen atoms in total. The van der Waals surface area contributed by atoms with E-state index in [2.05, 4.69) is 0 Å². The predicted octanol–water partition coefficient (Wildman–Crippen LogP) is 3.35. The van der Waals surface area contributed by atoms with E-state index in [-0.39, 0.29) is 11.5 Å². The zero-order chi connectivity index (χ0) is 16.6. The predicted molar refractivity (Wildman–Crippen MR) is 86.4 cm³/mol. The van der Waals surface area contributed by atoms with Gasteiger partial charge in [0, 0.05) is 16.6 Å². The molecule has 3 aromatic rings. The number of fused-ring (bicyclic) bond motifs is 1. The lowest BCUT2D eigenvalue weighted by Gasteiger charge is -2.08. The van der Waals surface area contributed by atoms with Crippen LogP contribution in [0.5, 0.6) is 5.75 Å². The standard InChI is InChI=1S/C18H15NO4/c1-11-16(18(21)22)14-8-3-4-9-15(14)19(11)17(20)12-6-5-7-13(10-12)23-2/h3-10H,1-2H3,(H,21,22). The van der Waals surface area contributed by atoms with Crippen LogP contribution in [0, 0.1) is 6.92 Å². The summed E-state index contributed by atoms with van der Waals surface area (Å²) in [6.07, 6.45) is 0. The molecular weight excluding hydrogens is 294 g/mol. The molecule has 0 amide bonds. The second-order valence-electron chi connectivity index (χ2n) is 5.16. The third-order valence-corrected chi connectivity index (χ3v) is 3.85. The third-order valence-electron chi connectivity index (χ3n) is 3.85. The molecule has 1 N–H and O–H groups in total. The van der Waals surface area contributed by atoms with E-state index >= 15 is 0 Å². The minimum absolute atomic E-state index is 0.150. The first kappa shape index (κ1) is 14.8. The van der Waals surface area contributed by atoms with Crippen LogP contribution in [-0.4, -0.2) is 28.7 Å². The van der Waals surface area contributed by atoms with Gasteiger partial charge in [-0.05, 0) is 31.2 Å². The number of nitrogens with zero attached hydrogens (tertiary/aromatic N) is 1. The minimum atomic E-state index is -1.05. The van der Waals surface area contributed by atoms with Gasteiger partial charge in [0.15, 0.2) is 0 Å². The number of hydrogen-bond donors (Lipinski definition) is 1. The number of carbonyl (C=O) groups is 2. The highest BCUT2D eigenvalue weighted by Gasteiger charge is 2.23. The van der Waals surface area contributed by atoms with Gasteiger partial charge in [0.25, 0.3) is 5.91 Å². The number of aromatic nitrogens is 1. The van der Waals surface area contributed by atoms with E-state index in [9.17, 15) is 14.7 Å². The fourth-order valence-electron chi connectivity index (χ4n) is 2.78. The first-order valence-electron chi connectivity index (χ1n) is 7.06. The normalized spacial score (nSPS) is 10.7. The summed E-state index contributed by atoms with van der Waals surface area (Å²) in [5.41, 5.74) is 1.57. The molecule has 0 aliphatic rings. The van der Waals surface area contributed by atoms with Crippen LogP contribution < -0.4 is 4.74 Å². The maximum Gasteiger partial charge on any atom is 0.338 e. The first-order chi connectivity index (χ1) is 11.0. The average Bonchev–Trinajstić information content (AvgIpc) is 2.86. The van der Waals surface area contributed by atoms with Crippen LogP contribution in [0.25, 0.3) is 10.9 Å². The van der Waals surface area contributed by atoms with Gasteiger partial charge in [-0.2, -0.15) is 0 Å². The quantitative estimate of drug-likeness (QED) is 0.805. The number of benzene rings is 2. The highest BCUT2D eigenvalue weighted by atomic mass is 16.5. The molecule has 0 saturated carbocycles. The van der Waals surface area contributed by atoms with Gasteiger partial charge in [0.05, 0.1) is 18.2 Å². The van der Waals surface area contributed by atoms with E-state index in [1.165, 1.54) is 11.7 Å². The molecule has 0 bridgehead atoms. The van der Waals surface area contributed by atoms with Crippen LogP contribution in [0.2, 0.25) is 0 Å². The number of carboxylic acids is 1. The molecule has 0 fully saturated rings. The number of carboxylic acid groups (broad SMARTS) is 1. The lowest BCUT2D eigenvalue weighted by Crippen LogP contribution is -2.14. The van der Waals surface area contributed by atoms with Crippen molar-refractivity contribution in [3.63, 3.8) is 0 Å². The molecule has 2 aromatic carbocycles. The molecule has 0 spiro atoms. The number of hydrogen-bond acceptors (Lipinski definition) is 3. The number of ether oxygens (including phenoxy) is 1. The molecule has 0 atom stereocenters. The van der Waals surface area contributed by atoms with Crippen LogP contribution in [0.3, 0.4) is 0 Å². The number of aromatic carboxylic acids is 1. The fourth-order valence-corrected chi connectivity index (χ4v) is 2.78. The molecule has 0 aliphatic carbocycles. The van der Waals surface area contributed by atoms with Crippen molar-refractivity contribution >= 4 is 22.8 Å². The summed E-state index contributed by atoms with van der Waals surface area (Å²) in [6, 6.07) is 13.8. The molecule has 1 aromatic heterocycles. The maximum atomic E-state index is 12.9. The van der Waals surface area contributed by atoms with Gasteiger partial charge in [-0.1, -0.05) is 24.3 Å². The largest absolute Gasteiger partial charge is 0.497 e. The molecule has 0 aliphatic heterocycles. The van der Waals surface area contributed by atoms with E-state index in [0.29, 0.717) is 27.9 Å². The number of para-hydroxylation sites is 1. The topological polar surface area (TPSA) is 68.5 Å². The van der Waals surface area contributed by atoms with E-state index in [0.717, 1.165) is 0 Å². The summed E-state index contributed by atoms with van der Waals surface area (Å²) in [7, 11) is 1.53. The monoisotopic (exact) mass is 309 g/mol. The molecular formula is C18H15NO4. The summed E-state index contributed by atoms with van der Waals surface area (Å²) >= 11 is 0. The van der Waals surface area contributed by atoms with Gasteiger partial charge >= 0.3 is 5.97 Å². The summed E-state index contributed by atoms with van der Waals surface area (Å²) in [4.78, 5) is 24.5. The lowest BCUT2D eigenvalue weighted by molar-refractivity contribution is 0.0698. The molecule has 5 heteroatoms. The Hall–Kier alpha value is -3.08. The van der Waals surface area contributed by atoms with Crippen LogP contribution >= 0.6 is 0 Å².